The molecule has 21 heavy (non-hydrogen) atoms. The van der Waals surface area contributed by atoms with Gasteiger partial charge in [-0.05, 0) is 24.3 Å². The summed E-state index contributed by atoms with van der Waals surface area (Å²) in [5.41, 5.74) is 1.21. The molecule has 1 N–H and O–H groups in total. The second-order valence-electron chi connectivity index (χ2n) is 4.41. The van der Waals surface area contributed by atoms with Gasteiger partial charge in [0.2, 0.25) is 0 Å². The predicted molar refractivity (Wildman–Crippen MR) is 83.5 cm³/mol. The van der Waals surface area contributed by atoms with E-state index in [0.29, 0.717) is 26.8 Å². The lowest BCUT2D eigenvalue weighted by molar-refractivity contribution is 0.416. The third-order valence-corrected chi connectivity index (χ3v) is 4.63. The van der Waals surface area contributed by atoms with E-state index >= 15 is 0 Å². The van der Waals surface area contributed by atoms with Crippen molar-refractivity contribution in [2.24, 2.45) is 4.99 Å². The van der Waals surface area contributed by atoms with Crippen LogP contribution in [0.4, 0.5) is 5.69 Å². The molecule has 3 rings (SSSR count). The van der Waals surface area contributed by atoms with Gasteiger partial charge in [-0.15, -0.1) is 0 Å². The average molecular weight is 299 g/mol. The van der Waals surface area contributed by atoms with Gasteiger partial charge in [0, 0.05) is 11.8 Å². The number of ether oxygens (including phenoxy) is 1. The monoisotopic (exact) mass is 299 g/mol. The van der Waals surface area contributed by atoms with E-state index in [2.05, 4.69) is 4.99 Å². The van der Waals surface area contributed by atoms with Gasteiger partial charge >= 0.3 is 0 Å². The molecule has 5 heteroatoms. The first kappa shape index (κ1) is 13.6. The molecule has 1 heterocycles. The minimum absolute atomic E-state index is 0.0163. The zero-order chi connectivity index (χ0) is 14.8. The number of aliphatic hydroxyl groups excluding tert-OH is 1. The molecule has 1 atom stereocenters. The maximum atomic E-state index is 12.4. The van der Waals surface area contributed by atoms with Crippen molar-refractivity contribution in [1.29, 1.82) is 0 Å². The van der Waals surface area contributed by atoms with Crippen molar-refractivity contribution in [1.82, 2.24) is 0 Å². The fourth-order valence-corrected chi connectivity index (χ4v) is 3.37. The number of allylic oxidation sites excluding steroid dienone is 1. The second kappa shape index (κ2) is 5.54. The van der Waals surface area contributed by atoms with Gasteiger partial charge in [0.25, 0.3) is 0 Å². The zero-order valence-corrected chi connectivity index (χ0v) is 12.1. The molecule has 1 aliphatic heterocycles. The molecule has 4 nitrogen and oxygen atoms in total. The van der Waals surface area contributed by atoms with E-state index in [1.54, 1.807) is 43.5 Å². The van der Waals surface area contributed by atoms with Gasteiger partial charge < -0.3 is 9.84 Å². The number of aliphatic imine (C=N–C) groups is 1. The Hall–Kier alpha value is -2.40. The van der Waals surface area contributed by atoms with Crippen LogP contribution < -0.4 is 4.74 Å². The highest BCUT2D eigenvalue weighted by molar-refractivity contribution is 7.90. The Balaban J connectivity index is 1.98. The summed E-state index contributed by atoms with van der Waals surface area (Å²) < 4.78 is 17.6. The molecule has 2 aromatic rings. The maximum Gasteiger partial charge on any atom is 0.144 e. The van der Waals surface area contributed by atoms with E-state index in [1.807, 2.05) is 12.1 Å². The topological polar surface area (TPSA) is 58.9 Å². The maximum absolute atomic E-state index is 12.4. The quantitative estimate of drug-likeness (QED) is 0.883. The number of benzene rings is 2. The van der Waals surface area contributed by atoms with Gasteiger partial charge in [0.05, 0.1) is 22.8 Å². The summed E-state index contributed by atoms with van der Waals surface area (Å²) in [7, 11) is 0.156. The van der Waals surface area contributed by atoms with Gasteiger partial charge in [-0.3, -0.25) is 4.99 Å². The van der Waals surface area contributed by atoms with Crippen molar-refractivity contribution >= 4 is 28.5 Å². The number of rotatable bonds is 3. The van der Waals surface area contributed by atoms with Crippen LogP contribution in [0.15, 0.2) is 63.3 Å². The molecule has 106 valence electrons. The van der Waals surface area contributed by atoms with E-state index in [0.717, 1.165) is 0 Å². The fraction of sp³-hybridized carbons (Fsp3) is 0.0625. The molecule has 0 aromatic heterocycles. The largest absolute Gasteiger partial charge is 0.506 e. The first-order valence-corrected chi connectivity index (χ1v) is 7.49. The van der Waals surface area contributed by atoms with Crippen LogP contribution in [0.1, 0.15) is 5.56 Å². The summed E-state index contributed by atoms with van der Waals surface area (Å²) in [6.45, 7) is 0. The molecule has 0 saturated heterocycles. The Bertz CT molecular complexity index is 781. The highest BCUT2D eigenvalue weighted by Gasteiger charge is 2.26. The lowest BCUT2D eigenvalue weighted by Crippen LogP contribution is -1.92. The van der Waals surface area contributed by atoms with Crippen molar-refractivity contribution in [3.63, 3.8) is 0 Å². The molecular weight excluding hydrogens is 286 g/mol. The van der Waals surface area contributed by atoms with Crippen LogP contribution in [0.2, 0.25) is 0 Å². The number of hydrogen-bond donors (Lipinski definition) is 1. The van der Waals surface area contributed by atoms with E-state index in [4.69, 9.17) is 4.74 Å². The molecule has 0 saturated carbocycles. The molecule has 0 bridgehead atoms. The van der Waals surface area contributed by atoms with Crippen molar-refractivity contribution in [3.05, 3.63) is 59.0 Å². The van der Waals surface area contributed by atoms with Gasteiger partial charge in [0.1, 0.15) is 22.1 Å². The first-order valence-electron chi connectivity index (χ1n) is 6.34. The molecule has 0 amide bonds. The summed E-state index contributed by atoms with van der Waals surface area (Å²) in [4.78, 5) is 5.20. The molecule has 0 spiro atoms. The Morgan fingerprint density at radius 3 is 2.62 bits per heavy atom. The zero-order valence-electron chi connectivity index (χ0n) is 11.3. The first-order chi connectivity index (χ1) is 10.2. The third-order valence-electron chi connectivity index (χ3n) is 3.18. The Kier molecular flexibility index (Phi) is 3.58. The number of para-hydroxylation sites is 2. The minimum atomic E-state index is -1.41. The number of fused-ring (bicyclic) bond motifs is 1. The van der Waals surface area contributed by atoms with Crippen molar-refractivity contribution < 1.29 is 14.1 Å². The van der Waals surface area contributed by atoms with Crippen molar-refractivity contribution in [3.8, 4) is 5.75 Å². The van der Waals surface area contributed by atoms with Gasteiger partial charge in [0.15, 0.2) is 0 Å². The van der Waals surface area contributed by atoms with Crippen LogP contribution in [-0.2, 0) is 10.8 Å². The van der Waals surface area contributed by atoms with Crippen LogP contribution in [-0.4, -0.2) is 22.6 Å². The lowest BCUT2D eigenvalue weighted by atomic mass is 10.2. The molecule has 0 radical (unpaired) electrons. The van der Waals surface area contributed by atoms with Gasteiger partial charge in [-0.2, -0.15) is 0 Å². The summed E-state index contributed by atoms with van der Waals surface area (Å²) in [6.07, 6.45) is 1.43. The molecule has 1 aliphatic rings. The summed E-state index contributed by atoms with van der Waals surface area (Å²) >= 11 is 0. The highest BCUT2D eigenvalue weighted by atomic mass is 32.2. The number of aliphatic hydroxyl groups is 1. The lowest BCUT2D eigenvalue weighted by Gasteiger charge is -2.02. The van der Waals surface area contributed by atoms with Crippen LogP contribution in [0, 0.1) is 0 Å². The van der Waals surface area contributed by atoms with Crippen LogP contribution in [0.3, 0.4) is 0 Å². The number of methoxy groups -OCH3 is 1. The van der Waals surface area contributed by atoms with Crippen molar-refractivity contribution in [2.75, 3.05) is 7.11 Å². The predicted octanol–water partition coefficient (Wildman–Crippen LogP) is 3.45. The van der Waals surface area contributed by atoms with Gasteiger partial charge in [-0.25, -0.2) is 4.21 Å². The van der Waals surface area contributed by atoms with Crippen LogP contribution in [0.25, 0.3) is 5.76 Å². The third kappa shape index (κ3) is 2.36. The Morgan fingerprint density at radius 2 is 1.86 bits per heavy atom. The van der Waals surface area contributed by atoms with Gasteiger partial charge in [-0.1, -0.05) is 24.3 Å². The molecule has 0 aliphatic carbocycles. The smallest absolute Gasteiger partial charge is 0.144 e. The Morgan fingerprint density at radius 1 is 1.14 bits per heavy atom. The van der Waals surface area contributed by atoms with Crippen molar-refractivity contribution in [2.45, 2.75) is 4.90 Å². The molecule has 2 aromatic carbocycles. The minimum Gasteiger partial charge on any atom is -0.506 e. The Labute approximate surface area is 124 Å². The van der Waals surface area contributed by atoms with Crippen LogP contribution in [0.5, 0.6) is 5.75 Å². The highest BCUT2D eigenvalue weighted by Crippen LogP contribution is 2.34. The summed E-state index contributed by atoms with van der Waals surface area (Å²) in [5, 5.41) is 10.2. The standard InChI is InChI=1S/C16H13NO3S/c1-20-13-8-4-3-7-12(13)17-10-15-16(18)11-6-2-5-9-14(11)21(15)19/h2-10,18H,1H3. The normalized spacial score (nSPS) is 17.3. The van der Waals surface area contributed by atoms with E-state index < -0.39 is 10.8 Å². The molecule has 1 unspecified atom stereocenters. The van der Waals surface area contributed by atoms with E-state index in [9.17, 15) is 9.32 Å². The van der Waals surface area contributed by atoms with E-state index in [1.165, 1.54) is 6.21 Å². The fourth-order valence-electron chi connectivity index (χ4n) is 2.14. The number of hydrogen-bond acceptors (Lipinski definition) is 4. The average Bonchev–Trinajstić information content (AvgIpc) is 2.78. The number of nitrogens with zero attached hydrogens (tertiary/aromatic N) is 1. The van der Waals surface area contributed by atoms with Crippen LogP contribution >= 0.6 is 0 Å². The molecular formula is C16H13NO3S. The molecule has 0 fully saturated rings. The van der Waals surface area contributed by atoms with E-state index in [-0.39, 0.29) is 5.76 Å². The summed E-state index contributed by atoms with van der Waals surface area (Å²) in [5.74, 6) is 0.637. The SMILES string of the molecule is COc1ccccc1N=CC1=C(O)c2ccccc2S1=O. The second-order valence-corrected chi connectivity index (χ2v) is 5.82. The summed E-state index contributed by atoms with van der Waals surface area (Å²) in [6, 6.07) is 14.3.